The molecule has 2 fully saturated rings. The van der Waals surface area contributed by atoms with E-state index >= 15 is 0 Å². The van der Waals surface area contributed by atoms with Gasteiger partial charge in [0.2, 0.25) is 0 Å². The largest absolute Gasteiger partial charge is 0.480 e. The van der Waals surface area contributed by atoms with Crippen LogP contribution in [0.3, 0.4) is 0 Å². The molecule has 2 aliphatic rings. The summed E-state index contributed by atoms with van der Waals surface area (Å²) in [5.74, 6) is -0.456. The fraction of sp³-hybridized carbons (Fsp3) is 0.867. The Morgan fingerprint density at radius 1 is 1.29 bits per heavy atom. The highest BCUT2D eigenvalue weighted by molar-refractivity contribution is 5.80. The van der Waals surface area contributed by atoms with Crippen molar-refractivity contribution in [1.82, 2.24) is 15.1 Å². The molecule has 1 saturated heterocycles. The Bertz CT molecular complexity index is 365. The number of carboxylic acids is 1. The number of amides is 2. The summed E-state index contributed by atoms with van der Waals surface area (Å²) in [5, 5.41) is 11.9. The van der Waals surface area contributed by atoms with Gasteiger partial charge in [0.1, 0.15) is 6.54 Å². The predicted molar refractivity (Wildman–Crippen MR) is 80.2 cm³/mol. The second kappa shape index (κ2) is 7.64. The fourth-order valence-electron chi connectivity index (χ4n) is 2.87. The molecule has 2 amide bonds. The predicted octanol–water partition coefficient (Wildman–Crippen LogP) is 1.37. The van der Waals surface area contributed by atoms with Gasteiger partial charge >= 0.3 is 12.0 Å². The number of rotatable bonds is 7. The van der Waals surface area contributed by atoms with E-state index in [0.717, 1.165) is 32.5 Å². The summed E-state index contributed by atoms with van der Waals surface area (Å²) in [7, 11) is 0. The maximum atomic E-state index is 12.2. The number of carbonyl (C=O) groups is 2. The first-order valence-corrected chi connectivity index (χ1v) is 8.04. The molecule has 2 N–H and O–H groups in total. The second-order valence-corrected chi connectivity index (χ2v) is 6.43. The number of piperidine rings is 1. The summed E-state index contributed by atoms with van der Waals surface area (Å²) < 4.78 is 0. The number of nitrogens with zero attached hydrogens (tertiary/aromatic N) is 2. The molecule has 0 radical (unpaired) electrons. The molecular weight excluding hydrogens is 270 g/mol. The van der Waals surface area contributed by atoms with E-state index in [9.17, 15) is 9.59 Å². The zero-order chi connectivity index (χ0) is 15.2. The van der Waals surface area contributed by atoms with Crippen LogP contribution in [-0.4, -0.2) is 65.7 Å². The van der Waals surface area contributed by atoms with Crippen molar-refractivity contribution in [3.63, 3.8) is 0 Å². The molecule has 0 aromatic rings. The standard InChI is InChI=1S/C15H27N3O3/c1-12(9-17-7-3-2-4-8-17)16-15(21)18(11-14(19)20)10-13-5-6-13/h12-13H,2-11H2,1H3,(H,16,21)(H,19,20). The third-order valence-electron chi connectivity index (χ3n) is 4.14. The van der Waals surface area contributed by atoms with Crippen molar-refractivity contribution in [2.75, 3.05) is 32.7 Å². The van der Waals surface area contributed by atoms with Crippen molar-refractivity contribution in [3.8, 4) is 0 Å². The smallest absolute Gasteiger partial charge is 0.323 e. The zero-order valence-corrected chi connectivity index (χ0v) is 12.9. The van der Waals surface area contributed by atoms with Gasteiger partial charge in [-0.3, -0.25) is 4.79 Å². The molecule has 0 spiro atoms. The fourth-order valence-corrected chi connectivity index (χ4v) is 2.87. The molecule has 1 atom stereocenters. The maximum absolute atomic E-state index is 12.2. The lowest BCUT2D eigenvalue weighted by atomic mass is 10.1. The van der Waals surface area contributed by atoms with Crippen LogP contribution in [0, 0.1) is 5.92 Å². The van der Waals surface area contributed by atoms with E-state index in [1.54, 1.807) is 0 Å². The first-order valence-electron chi connectivity index (χ1n) is 8.04. The molecule has 0 aromatic heterocycles. The van der Waals surface area contributed by atoms with Crippen molar-refractivity contribution < 1.29 is 14.7 Å². The minimum atomic E-state index is -0.950. The van der Waals surface area contributed by atoms with Crippen LogP contribution in [0.1, 0.15) is 39.0 Å². The van der Waals surface area contributed by atoms with Gasteiger partial charge in [-0.15, -0.1) is 0 Å². The molecule has 6 heteroatoms. The average Bonchev–Trinajstić information content (AvgIpc) is 3.22. The van der Waals surface area contributed by atoms with Crippen molar-refractivity contribution in [2.24, 2.45) is 5.92 Å². The molecule has 1 saturated carbocycles. The van der Waals surface area contributed by atoms with Gasteiger partial charge < -0.3 is 20.2 Å². The molecule has 0 aromatic carbocycles. The van der Waals surface area contributed by atoms with E-state index in [4.69, 9.17) is 5.11 Å². The quantitative estimate of drug-likeness (QED) is 0.744. The Morgan fingerprint density at radius 3 is 2.52 bits per heavy atom. The van der Waals surface area contributed by atoms with E-state index in [-0.39, 0.29) is 18.6 Å². The van der Waals surface area contributed by atoms with E-state index in [1.165, 1.54) is 24.2 Å². The number of urea groups is 1. The number of likely N-dealkylation sites (tertiary alicyclic amines) is 1. The van der Waals surface area contributed by atoms with Crippen molar-refractivity contribution in [1.29, 1.82) is 0 Å². The lowest BCUT2D eigenvalue weighted by molar-refractivity contribution is -0.137. The molecule has 120 valence electrons. The van der Waals surface area contributed by atoms with Crippen LogP contribution in [0.4, 0.5) is 4.79 Å². The molecule has 21 heavy (non-hydrogen) atoms. The Kier molecular flexibility index (Phi) is 5.85. The minimum Gasteiger partial charge on any atom is -0.480 e. The highest BCUT2D eigenvalue weighted by Gasteiger charge is 2.28. The van der Waals surface area contributed by atoms with Crippen molar-refractivity contribution in [2.45, 2.75) is 45.1 Å². The zero-order valence-electron chi connectivity index (χ0n) is 12.9. The molecule has 0 bridgehead atoms. The van der Waals surface area contributed by atoms with Gasteiger partial charge in [0.15, 0.2) is 0 Å². The van der Waals surface area contributed by atoms with Gasteiger partial charge in [0.05, 0.1) is 0 Å². The Balaban J connectivity index is 1.77. The Labute approximate surface area is 126 Å². The van der Waals surface area contributed by atoms with Gasteiger partial charge in [0.25, 0.3) is 0 Å². The van der Waals surface area contributed by atoms with Crippen LogP contribution in [0.2, 0.25) is 0 Å². The monoisotopic (exact) mass is 297 g/mol. The number of aliphatic carboxylic acids is 1. The summed E-state index contributed by atoms with van der Waals surface area (Å²) in [5.41, 5.74) is 0. The third kappa shape index (κ3) is 5.91. The van der Waals surface area contributed by atoms with Crippen LogP contribution in [0.25, 0.3) is 0 Å². The number of nitrogens with one attached hydrogen (secondary N) is 1. The summed E-state index contributed by atoms with van der Waals surface area (Å²) in [6.45, 7) is 5.38. The van der Waals surface area contributed by atoms with Gasteiger partial charge in [0, 0.05) is 19.1 Å². The number of hydrogen-bond donors (Lipinski definition) is 2. The molecular formula is C15H27N3O3. The van der Waals surface area contributed by atoms with E-state index in [0.29, 0.717) is 12.5 Å². The number of carbonyl (C=O) groups excluding carboxylic acids is 1. The highest BCUT2D eigenvalue weighted by atomic mass is 16.4. The van der Waals surface area contributed by atoms with Crippen LogP contribution >= 0.6 is 0 Å². The molecule has 1 aliphatic heterocycles. The number of hydrogen-bond acceptors (Lipinski definition) is 3. The summed E-state index contributed by atoms with van der Waals surface area (Å²) >= 11 is 0. The Morgan fingerprint density at radius 2 is 1.95 bits per heavy atom. The van der Waals surface area contributed by atoms with Crippen LogP contribution < -0.4 is 5.32 Å². The summed E-state index contributed by atoms with van der Waals surface area (Å²) in [6.07, 6.45) is 5.96. The summed E-state index contributed by atoms with van der Waals surface area (Å²) in [4.78, 5) is 26.9. The topological polar surface area (TPSA) is 72.9 Å². The first kappa shape index (κ1) is 16.1. The maximum Gasteiger partial charge on any atom is 0.323 e. The van der Waals surface area contributed by atoms with Gasteiger partial charge in [-0.25, -0.2) is 4.79 Å². The van der Waals surface area contributed by atoms with E-state index in [2.05, 4.69) is 10.2 Å². The summed E-state index contributed by atoms with van der Waals surface area (Å²) in [6, 6.07) is -0.195. The minimum absolute atomic E-state index is 0.0473. The van der Waals surface area contributed by atoms with Crippen molar-refractivity contribution in [3.05, 3.63) is 0 Å². The van der Waals surface area contributed by atoms with Crippen LogP contribution in [0.5, 0.6) is 0 Å². The molecule has 1 aliphatic carbocycles. The average molecular weight is 297 g/mol. The molecule has 1 heterocycles. The van der Waals surface area contributed by atoms with Gasteiger partial charge in [-0.05, 0) is 51.6 Å². The lowest BCUT2D eigenvalue weighted by Gasteiger charge is -2.30. The molecule has 6 nitrogen and oxygen atoms in total. The Hall–Kier alpha value is -1.30. The molecule has 2 rings (SSSR count). The third-order valence-corrected chi connectivity index (χ3v) is 4.14. The number of carboxylic acid groups (broad SMARTS) is 1. The van der Waals surface area contributed by atoms with E-state index in [1.807, 2.05) is 6.92 Å². The van der Waals surface area contributed by atoms with Crippen LogP contribution in [-0.2, 0) is 4.79 Å². The van der Waals surface area contributed by atoms with Gasteiger partial charge in [-0.1, -0.05) is 6.42 Å². The SMILES string of the molecule is CC(CN1CCCCC1)NC(=O)N(CC(=O)O)CC1CC1. The van der Waals surface area contributed by atoms with Crippen molar-refractivity contribution >= 4 is 12.0 Å². The normalized spacial score (nSPS) is 20.8. The molecule has 1 unspecified atom stereocenters. The van der Waals surface area contributed by atoms with Gasteiger partial charge in [-0.2, -0.15) is 0 Å². The lowest BCUT2D eigenvalue weighted by Crippen LogP contribution is -2.50. The highest BCUT2D eigenvalue weighted by Crippen LogP contribution is 2.29. The second-order valence-electron chi connectivity index (χ2n) is 6.43. The van der Waals surface area contributed by atoms with E-state index < -0.39 is 5.97 Å². The first-order chi connectivity index (χ1) is 10.0. The van der Waals surface area contributed by atoms with Crippen LogP contribution in [0.15, 0.2) is 0 Å².